The number of halogens is 2. The van der Waals surface area contributed by atoms with Crippen molar-refractivity contribution >= 4 is 17.8 Å². The van der Waals surface area contributed by atoms with Gasteiger partial charge in [-0.3, -0.25) is 0 Å². The summed E-state index contributed by atoms with van der Waals surface area (Å²) in [4.78, 5) is 0. The van der Waals surface area contributed by atoms with Crippen LogP contribution in [-0.4, -0.2) is 19.0 Å². The number of hydrogen-bond donors (Lipinski definition) is 0. The van der Waals surface area contributed by atoms with Gasteiger partial charge in [0, 0.05) is 0 Å². The molecular weight excluding hydrogens is 349 g/mol. The molecule has 5 heteroatoms. The van der Waals surface area contributed by atoms with Crippen molar-refractivity contribution in [3.63, 3.8) is 0 Å². The molecule has 0 aliphatic heterocycles. The normalized spacial score (nSPS) is 20.4. The molecule has 0 amide bonds. The third-order valence-corrected chi connectivity index (χ3v) is 5.22. The maximum absolute atomic E-state index is 2.42. The van der Waals surface area contributed by atoms with Gasteiger partial charge >= 0.3 is 21.7 Å². The van der Waals surface area contributed by atoms with Gasteiger partial charge in [0.15, 0.2) is 0 Å². The van der Waals surface area contributed by atoms with Crippen LogP contribution < -0.4 is 24.8 Å². The molecule has 1 rings (SSSR count). The van der Waals surface area contributed by atoms with Crippen molar-refractivity contribution in [2.45, 2.75) is 70.9 Å². The van der Waals surface area contributed by atoms with Crippen LogP contribution >= 0.6 is 17.8 Å². The Morgan fingerprint density at radius 1 is 1.11 bits per heavy atom. The fraction of sp³-hybridized carbons (Fsp3) is 1.00. The van der Waals surface area contributed by atoms with Gasteiger partial charge in [-0.1, -0.05) is 39.8 Å². The van der Waals surface area contributed by atoms with Crippen LogP contribution in [0.3, 0.4) is 0 Å². The second-order valence-electron chi connectivity index (χ2n) is 5.08. The van der Waals surface area contributed by atoms with E-state index in [0.717, 1.165) is 11.1 Å². The van der Waals surface area contributed by atoms with Crippen molar-refractivity contribution in [2.75, 3.05) is 13.3 Å². The van der Waals surface area contributed by atoms with Crippen LogP contribution in [0.25, 0.3) is 0 Å². The molecule has 3 atom stereocenters. The van der Waals surface area contributed by atoms with Crippen molar-refractivity contribution in [2.24, 2.45) is 5.41 Å². The van der Waals surface area contributed by atoms with Gasteiger partial charge in [-0.2, -0.15) is 0 Å². The molecule has 0 bridgehead atoms. The average Bonchev–Trinajstić information content (AvgIpc) is 2.32. The first-order chi connectivity index (χ1) is 7.76. The molecule has 1 fully saturated rings. The molecule has 1 aliphatic rings. The molecule has 19 heavy (non-hydrogen) atoms. The molecule has 0 nitrogen and oxygen atoms in total. The van der Waals surface area contributed by atoms with Crippen LogP contribution in [0.2, 0.25) is 0 Å². The van der Waals surface area contributed by atoms with Gasteiger partial charge in [0.2, 0.25) is 0 Å². The van der Waals surface area contributed by atoms with Gasteiger partial charge in [-0.05, 0) is 49.8 Å². The first-order valence-corrected chi connectivity index (χ1v) is 9.74. The Kier molecular flexibility index (Phi) is 28.0. The van der Waals surface area contributed by atoms with E-state index in [4.69, 9.17) is 0 Å². The second-order valence-corrected chi connectivity index (χ2v) is 6.48. The third kappa shape index (κ3) is 11.4. The van der Waals surface area contributed by atoms with Gasteiger partial charge in [-0.25, -0.2) is 0 Å². The Hall–Kier alpha value is 2.15. The SMILES string of the molecule is CCCC1(CCC)CCCC(PC)C1.CP.[Cl-].[Cl-].[Ti+2]. The van der Waals surface area contributed by atoms with Crippen LogP contribution in [0.15, 0.2) is 0 Å². The summed E-state index contributed by atoms with van der Waals surface area (Å²) in [6, 6.07) is 0. The molecule has 0 radical (unpaired) electrons. The Bertz CT molecular complexity index is 160. The fourth-order valence-electron chi connectivity index (χ4n) is 3.34. The van der Waals surface area contributed by atoms with Crippen molar-refractivity contribution < 1.29 is 46.5 Å². The van der Waals surface area contributed by atoms with Crippen LogP contribution in [0.1, 0.15) is 65.2 Å². The van der Waals surface area contributed by atoms with Gasteiger partial charge in [0.05, 0.1) is 0 Å². The molecule has 3 unspecified atom stereocenters. The Labute approximate surface area is 153 Å². The molecule has 0 aromatic rings. The zero-order valence-corrected chi connectivity index (χ0v) is 18.3. The first-order valence-electron chi connectivity index (χ1n) is 7.01. The average molecular weight is 381 g/mol. The maximum Gasteiger partial charge on any atom is 2.00 e. The van der Waals surface area contributed by atoms with E-state index in [-0.39, 0.29) is 46.5 Å². The summed E-state index contributed by atoms with van der Waals surface area (Å²) >= 11 is 0. The number of hydrogen-bond acceptors (Lipinski definition) is 0. The number of rotatable bonds is 5. The largest absolute Gasteiger partial charge is 2.00 e. The molecule has 0 aromatic carbocycles. The van der Waals surface area contributed by atoms with E-state index < -0.39 is 0 Å². The van der Waals surface area contributed by atoms with Gasteiger partial charge in [0.25, 0.3) is 0 Å². The summed E-state index contributed by atoms with van der Waals surface area (Å²) in [6.07, 6.45) is 11.8. The van der Waals surface area contributed by atoms with Crippen molar-refractivity contribution in [1.29, 1.82) is 0 Å². The summed E-state index contributed by atoms with van der Waals surface area (Å²) in [5, 5.41) is 0. The summed E-state index contributed by atoms with van der Waals surface area (Å²) in [6.45, 7) is 9.03. The standard InChI is InChI=1S/C13H27P.CH5P.2ClH.Ti/c1-4-8-13(9-5-2)10-6-7-12(11-13)14-3;1-2;;;/h12,14H,4-11H2,1-3H3;2H2,1H3;2*1H;/q;;;;+2/p-2. The molecule has 0 N–H and O–H groups in total. The van der Waals surface area contributed by atoms with E-state index in [9.17, 15) is 0 Å². The Morgan fingerprint density at radius 2 is 1.58 bits per heavy atom. The van der Waals surface area contributed by atoms with Crippen molar-refractivity contribution in [3.8, 4) is 0 Å². The molecule has 0 aromatic heterocycles. The Morgan fingerprint density at radius 3 is 1.95 bits per heavy atom. The topological polar surface area (TPSA) is 0 Å². The Balaban J connectivity index is -0.000000214. The summed E-state index contributed by atoms with van der Waals surface area (Å²) in [5.74, 6) is 0. The summed E-state index contributed by atoms with van der Waals surface area (Å²) in [7, 11) is 3.60. The zero-order valence-electron chi connectivity index (χ0n) is 13.1. The molecule has 0 heterocycles. The van der Waals surface area contributed by atoms with Crippen LogP contribution in [-0.2, 0) is 21.7 Å². The maximum atomic E-state index is 2.42. The minimum atomic E-state index is 0. The van der Waals surface area contributed by atoms with Crippen LogP contribution in [0.5, 0.6) is 0 Å². The smallest absolute Gasteiger partial charge is 1.00 e. The third-order valence-electron chi connectivity index (χ3n) is 3.91. The molecule has 0 spiro atoms. The van der Waals surface area contributed by atoms with E-state index in [1.807, 2.05) is 6.66 Å². The van der Waals surface area contributed by atoms with Gasteiger partial charge < -0.3 is 24.8 Å². The van der Waals surface area contributed by atoms with E-state index in [1.165, 1.54) is 53.5 Å². The van der Waals surface area contributed by atoms with Gasteiger partial charge in [-0.15, -0.1) is 17.8 Å². The molecule has 1 aliphatic carbocycles. The first kappa shape index (κ1) is 29.2. The summed E-state index contributed by atoms with van der Waals surface area (Å²) < 4.78 is 0. The molecule has 116 valence electrons. The predicted molar refractivity (Wildman–Crippen MR) is 84.4 cm³/mol. The van der Waals surface area contributed by atoms with Crippen LogP contribution in [0.4, 0.5) is 0 Å². The molecule has 0 saturated heterocycles. The minimum Gasteiger partial charge on any atom is -1.00 e. The zero-order chi connectivity index (χ0) is 12.4. The van der Waals surface area contributed by atoms with Crippen molar-refractivity contribution in [3.05, 3.63) is 0 Å². The molecular formula is C14H32Cl2P2Ti. The summed E-state index contributed by atoms with van der Waals surface area (Å²) in [5.41, 5.74) is 1.83. The van der Waals surface area contributed by atoms with E-state index >= 15 is 0 Å². The quantitative estimate of drug-likeness (QED) is 0.438. The van der Waals surface area contributed by atoms with Gasteiger partial charge in [0.1, 0.15) is 0 Å². The van der Waals surface area contributed by atoms with E-state index in [1.54, 1.807) is 6.42 Å². The monoisotopic (exact) mass is 380 g/mol. The second kappa shape index (κ2) is 18.2. The van der Waals surface area contributed by atoms with Crippen LogP contribution in [0, 0.1) is 5.41 Å². The fourth-order valence-corrected chi connectivity index (χ4v) is 4.47. The van der Waals surface area contributed by atoms with E-state index in [0.29, 0.717) is 0 Å². The minimum absolute atomic E-state index is 0. The molecule has 1 saturated carbocycles. The predicted octanol–water partition coefficient (Wildman–Crippen LogP) is -0.679. The van der Waals surface area contributed by atoms with E-state index in [2.05, 4.69) is 29.8 Å². The van der Waals surface area contributed by atoms with Crippen molar-refractivity contribution in [1.82, 2.24) is 0 Å².